The van der Waals surface area contributed by atoms with Crippen molar-refractivity contribution in [2.75, 3.05) is 13.2 Å². The first-order valence-electron chi connectivity index (χ1n) is 4.68. The summed E-state index contributed by atoms with van der Waals surface area (Å²) in [7, 11) is 0. The highest BCUT2D eigenvalue weighted by atomic mass is 19.1. The number of fused-ring (bicyclic) bond motifs is 3. The summed E-state index contributed by atoms with van der Waals surface area (Å²) >= 11 is 0. The number of nitrogens with zero attached hydrogens (tertiary/aromatic N) is 1. The van der Waals surface area contributed by atoms with Gasteiger partial charge in [-0.3, -0.25) is 4.90 Å². The summed E-state index contributed by atoms with van der Waals surface area (Å²) in [6.45, 7) is 5.39. The van der Waals surface area contributed by atoms with Gasteiger partial charge < -0.3 is 4.74 Å². The number of rotatable bonds is 1. The molecular weight excluding hydrogens is 157 g/mol. The molecule has 3 heterocycles. The minimum absolute atomic E-state index is 0.301. The Hall–Kier alpha value is -0.150. The number of halogens is 1. The van der Waals surface area contributed by atoms with Gasteiger partial charge in [-0.05, 0) is 13.8 Å². The van der Waals surface area contributed by atoms with Crippen molar-refractivity contribution < 1.29 is 9.13 Å². The smallest absolute Gasteiger partial charge is 0.168 e. The third-order valence-corrected chi connectivity index (χ3v) is 2.90. The van der Waals surface area contributed by atoms with Crippen molar-refractivity contribution in [1.82, 2.24) is 4.90 Å². The third-order valence-electron chi connectivity index (χ3n) is 2.90. The lowest BCUT2D eigenvalue weighted by atomic mass is 9.87. The van der Waals surface area contributed by atoms with Crippen LogP contribution in [0, 0.1) is 0 Å². The Balaban J connectivity index is 2.13. The van der Waals surface area contributed by atoms with Gasteiger partial charge in [0, 0.05) is 24.9 Å². The average Bonchev–Trinajstić information content (AvgIpc) is 2.17. The zero-order valence-electron chi connectivity index (χ0n) is 7.72. The van der Waals surface area contributed by atoms with Crippen LogP contribution in [0.4, 0.5) is 4.39 Å². The van der Waals surface area contributed by atoms with Crippen molar-refractivity contribution in [3.63, 3.8) is 0 Å². The maximum Gasteiger partial charge on any atom is 0.168 e. The normalized spacial score (nSPS) is 42.5. The van der Waals surface area contributed by atoms with Crippen LogP contribution in [-0.4, -0.2) is 36.0 Å². The second kappa shape index (κ2) is 2.67. The highest BCUT2D eigenvalue weighted by Gasteiger charge is 2.54. The standard InChI is InChI=1S/C9H16FNO/c1-7(2)11-8-5-9(11,10)3-4-12-6-8/h7-8H,3-6H2,1-2H3. The zero-order valence-corrected chi connectivity index (χ0v) is 7.72. The molecule has 3 saturated heterocycles. The van der Waals surface area contributed by atoms with Gasteiger partial charge in [0.05, 0.1) is 13.2 Å². The lowest BCUT2D eigenvalue weighted by Crippen LogP contribution is -2.65. The van der Waals surface area contributed by atoms with Crippen molar-refractivity contribution >= 4 is 0 Å². The molecule has 3 heteroatoms. The van der Waals surface area contributed by atoms with E-state index in [0.717, 1.165) is 0 Å². The van der Waals surface area contributed by atoms with Crippen LogP contribution in [0.2, 0.25) is 0 Å². The van der Waals surface area contributed by atoms with Crippen LogP contribution < -0.4 is 0 Å². The summed E-state index contributed by atoms with van der Waals surface area (Å²) < 4.78 is 19.3. The van der Waals surface area contributed by atoms with Crippen LogP contribution in [0.15, 0.2) is 0 Å². The average molecular weight is 173 g/mol. The van der Waals surface area contributed by atoms with E-state index in [-0.39, 0.29) is 0 Å². The molecule has 0 amide bonds. The van der Waals surface area contributed by atoms with E-state index >= 15 is 0 Å². The molecule has 0 aromatic heterocycles. The van der Waals surface area contributed by atoms with E-state index in [4.69, 9.17) is 4.74 Å². The number of hydrogen-bond donors (Lipinski definition) is 0. The Morgan fingerprint density at radius 1 is 1.58 bits per heavy atom. The quantitative estimate of drug-likeness (QED) is 0.558. The number of alkyl halides is 1. The summed E-state index contributed by atoms with van der Waals surface area (Å²) in [4.78, 5) is 1.96. The van der Waals surface area contributed by atoms with Crippen molar-refractivity contribution in [1.29, 1.82) is 0 Å². The molecule has 2 atom stereocenters. The molecule has 70 valence electrons. The van der Waals surface area contributed by atoms with E-state index in [0.29, 0.717) is 38.1 Å². The van der Waals surface area contributed by atoms with E-state index < -0.39 is 5.79 Å². The Morgan fingerprint density at radius 2 is 2.33 bits per heavy atom. The molecule has 2 unspecified atom stereocenters. The van der Waals surface area contributed by atoms with E-state index in [1.54, 1.807) is 0 Å². The minimum Gasteiger partial charge on any atom is -0.380 e. The van der Waals surface area contributed by atoms with Crippen LogP contribution >= 0.6 is 0 Å². The summed E-state index contributed by atoms with van der Waals surface area (Å²) in [5, 5.41) is 0. The Labute approximate surface area is 72.7 Å². The molecular formula is C9H16FNO. The van der Waals surface area contributed by atoms with Gasteiger partial charge in [0.25, 0.3) is 0 Å². The summed E-state index contributed by atoms with van der Waals surface area (Å²) in [5.74, 6) is -1.05. The molecule has 2 bridgehead atoms. The molecule has 3 aliphatic rings. The van der Waals surface area contributed by atoms with Crippen LogP contribution in [0.5, 0.6) is 0 Å². The van der Waals surface area contributed by atoms with E-state index in [1.807, 2.05) is 18.7 Å². The lowest BCUT2D eigenvalue weighted by molar-refractivity contribution is -0.174. The van der Waals surface area contributed by atoms with Gasteiger partial charge in [0.1, 0.15) is 0 Å². The van der Waals surface area contributed by atoms with Gasteiger partial charge in [0.15, 0.2) is 5.79 Å². The first kappa shape index (κ1) is 8.45. The summed E-state index contributed by atoms with van der Waals surface area (Å²) in [6.07, 6.45) is 1.22. The van der Waals surface area contributed by atoms with E-state index in [2.05, 4.69) is 0 Å². The fourth-order valence-corrected chi connectivity index (χ4v) is 2.48. The second-order valence-electron chi connectivity index (χ2n) is 4.10. The Kier molecular flexibility index (Phi) is 1.88. The molecule has 0 saturated carbocycles. The van der Waals surface area contributed by atoms with Gasteiger partial charge in [0.2, 0.25) is 0 Å². The molecule has 0 aliphatic carbocycles. The molecule has 0 radical (unpaired) electrons. The maximum absolute atomic E-state index is 14.0. The van der Waals surface area contributed by atoms with Gasteiger partial charge in [-0.1, -0.05) is 0 Å². The molecule has 0 N–H and O–H groups in total. The number of hydrogen-bond acceptors (Lipinski definition) is 2. The molecule has 0 spiro atoms. The first-order valence-corrected chi connectivity index (χ1v) is 4.68. The fourth-order valence-electron chi connectivity index (χ4n) is 2.48. The van der Waals surface area contributed by atoms with Crippen LogP contribution in [0.25, 0.3) is 0 Å². The van der Waals surface area contributed by atoms with E-state index in [1.165, 1.54) is 0 Å². The predicted molar refractivity (Wildman–Crippen MR) is 44.7 cm³/mol. The minimum atomic E-state index is -1.05. The fraction of sp³-hybridized carbons (Fsp3) is 1.00. The molecule has 2 nitrogen and oxygen atoms in total. The Bertz CT molecular complexity index is 181. The monoisotopic (exact) mass is 173 g/mol. The van der Waals surface area contributed by atoms with Crippen molar-refractivity contribution in [3.05, 3.63) is 0 Å². The van der Waals surface area contributed by atoms with Crippen molar-refractivity contribution in [3.8, 4) is 0 Å². The third kappa shape index (κ3) is 1.07. The molecule has 3 fully saturated rings. The van der Waals surface area contributed by atoms with Gasteiger partial charge in [-0.15, -0.1) is 0 Å². The van der Waals surface area contributed by atoms with Crippen LogP contribution in [0.3, 0.4) is 0 Å². The van der Waals surface area contributed by atoms with Crippen LogP contribution in [0.1, 0.15) is 26.7 Å². The van der Waals surface area contributed by atoms with Crippen molar-refractivity contribution in [2.45, 2.75) is 44.6 Å². The Morgan fingerprint density at radius 3 is 3.00 bits per heavy atom. The molecule has 3 rings (SSSR count). The lowest BCUT2D eigenvalue weighted by Gasteiger charge is -2.53. The summed E-state index contributed by atoms with van der Waals surface area (Å²) in [5.41, 5.74) is 0. The molecule has 0 aromatic rings. The molecule has 3 aliphatic heterocycles. The summed E-state index contributed by atoms with van der Waals surface area (Å²) in [6, 6.07) is 0.632. The van der Waals surface area contributed by atoms with E-state index in [9.17, 15) is 4.39 Å². The van der Waals surface area contributed by atoms with Gasteiger partial charge >= 0.3 is 0 Å². The van der Waals surface area contributed by atoms with Gasteiger partial charge in [-0.25, -0.2) is 4.39 Å². The molecule has 0 aromatic carbocycles. The SMILES string of the molecule is CC(C)N1C2COCCC1(F)C2. The zero-order chi connectivity index (χ0) is 8.77. The highest BCUT2D eigenvalue weighted by molar-refractivity contribution is 5.01. The highest BCUT2D eigenvalue weighted by Crippen LogP contribution is 2.44. The largest absolute Gasteiger partial charge is 0.380 e. The topological polar surface area (TPSA) is 12.5 Å². The van der Waals surface area contributed by atoms with Gasteiger partial charge in [-0.2, -0.15) is 0 Å². The first-order chi connectivity index (χ1) is 5.63. The number of ether oxygens (including phenoxy) is 1. The maximum atomic E-state index is 14.0. The predicted octanol–water partition coefficient (Wildman–Crippen LogP) is 1.56. The van der Waals surface area contributed by atoms with Crippen LogP contribution in [-0.2, 0) is 4.74 Å². The van der Waals surface area contributed by atoms with Crippen molar-refractivity contribution in [2.24, 2.45) is 0 Å². The second-order valence-corrected chi connectivity index (χ2v) is 4.10. The molecule has 12 heavy (non-hydrogen) atoms.